The molecule has 1 rings (SSSR count). The number of hydrogen-bond donors (Lipinski definition) is 0. The molecule has 0 atom stereocenters. The molecule has 1 aromatic rings. The minimum absolute atomic E-state index is 0.163. The molecule has 0 amide bonds. The Hall–Kier alpha value is -0.670. The van der Waals surface area contributed by atoms with Crippen molar-refractivity contribution in [1.29, 1.82) is 0 Å². The van der Waals surface area contributed by atoms with Gasteiger partial charge in [-0.15, -0.1) is 0 Å². The summed E-state index contributed by atoms with van der Waals surface area (Å²) in [6.45, 7) is 5.99. The molecular formula is C14H19BrO2. The topological polar surface area (TPSA) is 26.3 Å². The second-order valence-electron chi connectivity index (χ2n) is 4.85. The zero-order valence-electron chi connectivity index (χ0n) is 10.8. The van der Waals surface area contributed by atoms with Gasteiger partial charge in [0.05, 0.1) is 5.60 Å². The smallest absolute Gasteiger partial charge is 0.163 e. The lowest BCUT2D eigenvalue weighted by Crippen LogP contribution is -2.23. The van der Waals surface area contributed by atoms with E-state index in [4.69, 9.17) is 4.74 Å². The Labute approximate surface area is 111 Å². The molecule has 0 aliphatic rings. The maximum Gasteiger partial charge on any atom is 0.163 e. The summed E-state index contributed by atoms with van der Waals surface area (Å²) in [6, 6.07) is 5.72. The zero-order valence-corrected chi connectivity index (χ0v) is 12.4. The van der Waals surface area contributed by atoms with Gasteiger partial charge in [0, 0.05) is 23.6 Å². The average molecular weight is 299 g/mol. The first-order chi connectivity index (χ1) is 7.85. The number of methoxy groups -OCH3 is 1. The number of benzene rings is 1. The van der Waals surface area contributed by atoms with Crippen LogP contribution in [-0.2, 0) is 4.74 Å². The summed E-state index contributed by atoms with van der Waals surface area (Å²) in [7, 11) is 1.67. The quantitative estimate of drug-likeness (QED) is 0.764. The Morgan fingerprint density at radius 3 is 2.59 bits per heavy atom. The fourth-order valence-corrected chi connectivity index (χ4v) is 1.81. The Bertz CT molecular complexity index is 411. The molecule has 0 unspecified atom stereocenters. The first-order valence-electron chi connectivity index (χ1n) is 5.70. The molecular weight excluding hydrogens is 280 g/mol. The van der Waals surface area contributed by atoms with E-state index < -0.39 is 0 Å². The van der Waals surface area contributed by atoms with Gasteiger partial charge in [-0.2, -0.15) is 0 Å². The second kappa shape index (κ2) is 5.78. The summed E-state index contributed by atoms with van der Waals surface area (Å²) in [4.78, 5) is 12.0. The van der Waals surface area contributed by atoms with Crippen LogP contribution in [0.1, 0.15) is 42.6 Å². The van der Waals surface area contributed by atoms with Gasteiger partial charge in [0.1, 0.15) is 0 Å². The molecule has 1 aromatic carbocycles. The first-order valence-corrected chi connectivity index (χ1v) is 6.49. The summed E-state index contributed by atoms with van der Waals surface area (Å²) in [6.07, 6.45) is 1.24. The van der Waals surface area contributed by atoms with E-state index in [9.17, 15) is 4.79 Å². The van der Waals surface area contributed by atoms with Gasteiger partial charge in [0.2, 0.25) is 0 Å². The summed E-state index contributed by atoms with van der Waals surface area (Å²) < 4.78 is 6.29. The average Bonchev–Trinajstić information content (AvgIpc) is 2.30. The van der Waals surface area contributed by atoms with Crippen LogP contribution in [0.3, 0.4) is 0 Å². The van der Waals surface area contributed by atoms with Crippen molar-refractivity contribution >= 4 is 21.7 Å². The number of hydrogen-bond acceptors (Lipinski definition) is 2. The highest BCUT2D eigenvalue weighted by molar-refractivity contribution is 9.10. The van der Waals surface area contributed by atoms with Crippen LogP contribution in [-0.4, -0.2) is 18.5 Å². The van der Waals surface area contributed by atoms with E-state index in [0.717, 1.165) is 22.0 Å². The van der Waals surface area contributed by atoms with Crippen molar-refractivity contribution in [3.8, 4) is 0 Å². The molecule has 0 radical (unpaired) electrons. The van der Waals surface area contributed by atoms with Gasteiger partial charge in [0.25, 0.3) is 0 Å². The van der Waals surface area contributed by atoms with Crippen molar-refractivity contribution in [2.24, 2.45) is 0 Å². The summed E-state index contributed by atoms with van der Waals surface area (Å²) in [5.74, 6) is 0.163. The van der Waals surface area contributed by atoms with Crippen LogP contribution in [0.4, 0.5) is 0 Å². The second-order valence-corrected chi connectivity index (χ2v) is 5.71. The minimum Gasteiger partial charge on any atom is -0.379 e. The van der Waals surface area contributed by atoms with Crippen molar-refractivity contribution in [1.82, 2.24) is 0 Å². The van der Waals surface area contributed by atoms with E-state index in [1.807, 2.05) is 39.0 Å². The van der Waals surface area contributed by atoms with E-state index in [0.29, 0.717) is 6.42 Å². The van der Waals surface area contributed by atoms with E-state index in [1.165, 1.54) is 0 Å². The van der Waals surface area contributed by atoms with E-state index in [-0.39, 0.29) is 11.4 Å². The Balaban J connectivity index is 2.68. The summed E-state index contributed by atoms with van der Waals surface area (Å²) >= 11 is 3.44. The zero-order chi connectivity index (χ0) is 13.1. The molecule has 0 saturated heterocycles. The minimum atomic E-state index is -0.239. The van der Waals surface area contributed by atoms with E-state index in [1.54, 1.807) is 7.11 Å². The van der Waals surface area contributed by atoms with Crippen molar-refractivity contribution in [2.45, 2.75) is 39.2 Å². The molecule has 0 N–H and O–H groups in total. The Morgan fingerprint density at radius 2 is 2.06 bits per heavy atom. The standard InChI is InChI=1S/C14H19BrO2/c1-10-5-6-11(9-12(10)15)13(16)7-8-14(2,3)17-4/h5-6,9H,7-8H2,1-4H3. The highest BCUT2D eigenvalue weighted by Gasteiger charge is 2.18. The van der Waals surface area contributed by atoms with Crippen LogP contribution in [0, 0.1) is 6.92 Å². The largest absolute Gasteiger partial charge is 0.379 e. The number of carbonyl (C=O) groups is 1. The van der Waals surface area contributed by atoms with Crippen LogP contribution in [0.15, 0.2) is 22.7 Å². The fourth-order valence-electron chi connectivity index (χ4n) is 1.43. The van der Waals surface area contributed by atoms with Crippen molar-refractivity contribution in [2.75, 3.05) is 7.11 Å². The lowest BCUT2D eigenvalue weighted by atomic mass is 9.97. The number of halogens is 1. The predicted molar refractivity (Wildman–Crippen MR) is 73.5 cm³/mol. The SMILES string of the molecule is COC(C)(C)CCC(=O)c1ccc(C)c(Br)c1. The summed E-state index contributed by atoms with van der Waals surface area (Å²) in [5.41, 5.74) is 1.66. The van der Waals surface area contributed by atoms with Gasteiger partial charge in [-0.1, -0.05) is 28.1 Å². The monoisotopic (exact) mass is 298 g/mol. The van der Waals surface area contributed by atoms with Gasteiger partial charge in [-0.05, 0) is 38.8 Å². The molecule has 0 heterocycles. The van der Waals surface area contributed by atoms with Gasteiger partial charge >= 0.3 is 0 Å². The Kier molecular flexibility index (Phi) is 4.90. The van der Waals surface area contributed by atoms with Crippen LogP contribution >= 0.6 is 15.9 Å². The predicted octanol–water partition coefficient (Wildman–Crippen LogP) is 4.15. The fraction of sp³-hybridized carbons (Fsp3) is 0.500. The third-order valence-corrected chi connectivity index (χ3v) is 3.85. The number of Topliss-reactive ketones (excluding diaryl/α,β-unsaturated/α-hetero) is 1. The third-order valence-electron chi connectivity index (χ3n) is 3.00. The summed E-state index contributed by atoms with van der Waals surface area (Å²) in [5, 5.41) is 0. The number of aryl methyl sites for hydroxylation is 1. The molecule has 3 heteroatoms. The number of carbonyl (C=O) groups excluding carboxylic acids is 1. The molecule has 0 saturated carbocycles. The van der Waals surface area contributed by atoms with E-state index >= 15 is 0 Å². The van der Waals surface area contributed by atoms with Gasteiger partial charge in [0.15, 0.2) is 5.78 Å². The van der Waals surface area contributed by atoms with E-state index in [2.05, 4.69) is 15.9 Å². The molecule has 0 bridgehead atoms. The van der Waals surface area contributed by atoms with Crippen LogP contribution in [0.2, 0.25) is 0 Å². The van der Waals surface area contributed by atoms with Gasteiger partial charge in [-0.25, -0.2) is 0 Å². The number of ketones is 1. The molecule has 94 valence electrons. The number of ether oxygens (including phenoxy) is 1. The maximum atomic E-state index is 12.0. The lowest BCUT2D eigenvalue weighted by molar-refractivity contribution is 0.0141. The van der Waals surface area contributed by atoms with Crippen LogP contribution in [0.25, 0.3) is 0 Å². The van der Waals surface area contributed by atoms with Gasteiger partial charge < -0.3 is 4.74 Å². The van der Waals surface area contributed by atoms with Crippen molar-refractivity contribution < 1.29 is 9.53 Å². The molecule has 0 aliphatic carbocycles. The molecule has 0 aromatic heterocycles. The molecule has 0 fully saturated rings. The normalized spacial score (nSPS) is 11.6. The maximum absolute atomic E-state index is 12.0. The Morgan fingerprint density at radius 1 is 1.41 bits per heavy atom. The molecule has 0 spiro atoms. The molecule has 2 nitrogen and oxygen atoms in total. The van der Waals surface area contributed by atoms with Crippen LogP contribution < -0.4 is 0 Å². The first kappa shape index (κ1) is 14.4. The number of rotatable bonds is 5. The van der Waals surface area contributed by atoms with Gasteiger partial charge in [-0.3, -0.25) is 4.79 Å². The van der Waals surface area contributed by atoms with Crippen LogP contribution in [0.5, 0.6) is 0 Å². The third kappa shape index (κ3) is 4.25. The van der Waals surface area contributed by atoms with Crippen molar-refractivity contribution in [3.63, 3.8) is 0 Å². The van der Waals surface area contributed by atoms with Crippen molar-refractivity contribution in [3.05, 3.63) is 33.8 Å². The lowest BCUT2D eigenvalue weighted by Gasteiger charge is -2.22. The molecule has 0 aliphatic heterocycles. The highest BCUT2D eigenvalue weighted by atomic mass is 79.9. The molecule has 17 heavy (non-hydrogen) atoms. The highest BCUT2D eigenvalue weighted by Crippen LogP contribution is 2.21.